The standard InChI is InChI=1S/C14H20N2O3/c1-4-16(13(17)9-14(18)19)10-11-5-7-12(8-6-11)15(2)3/h5-8H,4,9-10H2,1-3H3,(H,18,19). The predicted molar refractivity (Wildman–Crippen MR) is 74.1 cm³/mol. The molecule has 0 saturated heterocycles. The Morgan fingerprint density at radius 1 is 1.16 bits per heavy atom. The van der Waals surface area contributed by atoms with Crippen LogP contribution >= 0.6 is 0 Å². The first-order valence-corrected chi connectivity index (χ1v) is 6.20. The van der Waals surface area contributed by atoms with Crippen molar-refractivity contribution in [3.63, 3.8) is 0 Å². The number of nitrogens with zero attached hydrogens (tertiary/aromatic N) is 2. The molecular weight excluding hydrogens is 244 g/mol. The van der Waals surface area contributed by atoms with Gasteiger partial charge in [0.1, 0.15) is 6.42 Å². The van der Waals surface area contributed by atoms with Crippen LogP contribution in [0.5, 0.6) is 0 Å². The van der Waals surface area contributed by atoms with Gasteiger partial charge in [-0.3, -0.25) is 9.59 Å². The molecule has 19 heavy (non-hydrogen) atoms. The van der Waals surface area contributed by atoms with Gasteiger partial charge in [0, 0.05) is 32.9 Å². The fraction of sp³-hybridized carbons (Fsp3) is 0.429. The second-order valence-electron chi connectivity index (χ2n) is 4.54. The van der Waals surface area contributed by atoms with Crippen LogP contribution in [0.3, 0.4) is 0 Å². The molecule has 0 radical (unpaired) electrons. The van der Waals surface area contributed by atoms with Crippen molar-refractivity contribution in [3.8, 4) is 0 Å². The number of benzene rings is 1. The molecule has 0 fully saturated rings. The van der Waals surface area contributed by atoms with Crippen LogP contribution in [0, 0.1) is 0 Å². The van der Waals surface area contributed by atoms with E-state index in [-0.39, 0.29) is 5.91 Å². The molecular formula is C14H20N2O3. The van der Waals surface area contributed by atoms with Gasteiger partial charge in [-0.2, -0.15) is 0 Å². The van der Waals surface area contributed by atoms with E-state index in [1.807, 2.05) is 50.2 Å². The number of aliphatic carboxylic acids is 1. The van der Waals surface area contributed by atoms with E-state index in [1.165, 1.54) is 0 Å². The number of carbonyl (C=O) groups excluding carboxylic acids is 1. The molecule has 5 nitrogen and oxygen atoms in total. The average molecular weight is 264 g/mol. The summed E-state index contributed by atoms with van der Waals surface area (Å²) in [5.74, 6) is -1.45. The van der Waals surface area contributed by atoms with E-state index >= 15 is 0 Å². The molecule has 1 aromatic carbocycles. The summed E-state index contributed by atoms with van der Waals surface area (Å²) in [4.78, 5) is 25.8. The quantitative estimate of drug-likeness (QED) is 0.792. The van der Waals surface area contributed by atoms with Crippen LogP contribution in [0.1, 0.15) is 18.9 Å². The molecule has 0 unspecified atom stereocenters. The normalized spacial score (nSPS) is 10.1. The minimum atomic E-state index is -1.09. The summed E-state index contributed by atoms with van der Waals surface area (Å²) in [6.07, 6.45) is -0.455. The maximum absolute atomic E-state index is 11.7. The van der Waals surface area contributed by atoms with E-state index in [9.17, 15) is 9.59 Å². The summed E-state index contributed by atoms with van der Waals surface area (Å²) >= 11 is 0. The average Bonchev–Trinajstić information content (AvgIpc) is 2.35. The lowest BCUT2D eigenvalue weighted by Crippen LogP contribution is -2.31. The molecule has 104 valence electrons. The highest BCUT2D eigenvalue weighted by Crippen LogP contribution is 2.14. The zero-order valence-corrected chi connectivity index (χ0v) is 11.6. The third-order valence-corrected chi connectivity index (χ3v) is 2.86. The molecule has 0 heterocycles. The summed E-state index contributed by atoms with van der Waals surface area (Å²) in [6, 6.07) is 7.85. The molecule has 1 amide bonds. The van der Waals surface area contributed by atoms with Gasteiger partial charge in [-0.05, 0) is 24.6 Å². The van der Waals surface area contributed by atoms with Crippen molar-refractivity contribution < 1.29 is 14.7 Å². The number of carboxylic acids is 1. The highest BCUT2D eigenvalue weighted by Gasteiger charge is 2.15. The number of carboxylic acid groups (broad SMARTS) is 1. The van der Waals surface area contributed by atoms with E-state index in [0.717, 1.165) is 11.3 Å². The van der Waals surface area contributed by atoms with Crippen molar-refractivity contribution >= 4 is 17.6 Å². The molecule has 0 bridgehead atoms. The minimum absolute atomic E-state index is 0.355. The van der Waals surface area contributed by atoms with Crippen molar-refractivity contribution in [2.45, 2.75) is 19.9 Å². The monoisotopic (exact) mass is 264 g/mol. The Kier molecular flexibility index (Phi) is 5.36. The Morgan fingerprint density at radius 3 is 2.16 bits per heavy atom. The molecule has 0 aromatic heterocycles. The number of amides is 1. The second-order valence-corrected chi connectivity index (χ2v) is 4.54. The largest absolute Gasteiger partial charge is 0.481 e. The summed E-state index contributed by atoms with van der Waals surface area (Å²) < 4.78 is 0. The lowest BCUT2D eigenvalue weighted by Gasteiger charge is -2.21. The topological polar surface area (TPSA) is 60.9 Å². The number of hydrogen-bond acceptors (Lipinski definition) is 3. The van der Waals surface area contributed by atoms with E-state index in [1.54, 1.807) is 4.90 Å². The predicted octanol–water partition coefficient (Wildman–Crippen LogP) is 1.58. The molecule has 0 aliphatic rings. The van der Waals surface area contributed by atoms with Crippen molar-refractivity contribution in [2.24, 2.45) is 0 Å². The zero-order chi connectivity index (χ0) is 14.4. The van der Waals surface area contributed by atoms with Gasteiger partial charge >= 0.3 is 5.97 Å². The van der Waals surface area contributed by atoms with Gasteiger partial charge in [0.05, 0.1) is 0 Å². The van der Waals surface area contributed by atoms with Gasteiger partial charge in [-0.25, -0.2) is 0 Å². The van der Waals surface area contributed by atoms with Crippen LogP contribution in [0.15, 0.2) is 24.3 Å². The van der Waals surface area contributed by atoms with Gasteiger partial charge < -0.3 is 14.9 Å². The molecule has 0 spiro atoms. The van der Waals surface area contributed by atoms with Crippen LogP contribution in [0.2, 0.25) is 0 Å². The molecule has 1 aromatic rings. The third-order valence-electron chi connectivity index (χ3n) is 2.86. The molecule has 0 atom stereocenters. The summed E-state index contributed by atoms with van der Waals surface area (Å²) in [7, 11) is 3.92. The van der Waals surface area contributed by atoms with Crippen molar-refractivity contribution in [1.29, 1.82) is 0 Å². The summed E-state index contributed by atoms with van der Waals surface area (Å²) in [6.45, 7) is 2.78. The first-order valence-electron chi connectivity index (χ1n) is 6.20. The molecule has 1 rings (SSSR count). The first-order chi connectivity index (χ1) is 8.93. The fourth-order valence-corrected chi connectivity index (χ4v) is 1.74. The van der Waals surface area contributed by atoms with Crippen LogP contribution < -0.4 is 4.90 Å². The molecule has 1 N–H and O–H groups in total. The lowest BCUT2D eigenvalue weighted by molar-refractivity contribution is -0.144. The van der Waals surface area contributed by atoms with Crippen LogP contribution in [0.25, 0.3) is 0 Å². The van der Waals surface area contributed by atoms with Gasteiger partial charge in [0.15, 0.2) is 0 Å². The van der Waals surface area contributed by atoms with Crippen molar-refractivity contribution in [2.75, 3.05) is 25.5 Å². The van der Waals surface area contributed by atoms with Gasteiger partial charge in [0.25, 0.3) is 0 Å². The summed E-state index contributed by atoms with van der Waals surface area (Å²) in [5, 5.41) is 8.64. The van der Waals surface area contributed by atoms with Crippen LogP contribution in [-0.4, -0.2) is 42.5 Å². The highest BCUT2D eigenvalue weighted by molar-refractivity contribution is 5.93. The SMILES string of the molecule is CCN(Cc1ccc(N(C)C)cc1)C(=O)CC(=O)O. The highest BCUT2D eigenvalue weighted by atomic mass is 16.4. The Balaban J connectivity index is 2.70. The fourth-order valence-electron chi connectivity index (χ4n) is 1.74. The molecule has 0 aliphatic carbocycles. The van der Waals surface area contributed by atoms with Crippen molar-refractivity contribution in [3.05, 3.63) is 29.8 Å². The van der Waals surface area contributed by atoms with Gasteiger partial charge in [-0.1, -0.05) is 12.1 Å². The van der Waals surface area contributed by atoms with Gasteiger partial charge in [0.2, 0.25) is 5.91 Å². The maximum Gasteiger partial charge on any atom is 0.312 e. The zero-order valence-electron chi connectivity index (χ0n) is 11.6. The molecule has 5 heteroatoms. The number of hydrogen-bond donors (Lipinski definition) is 1. The number of rotatable bonds is 6. The first kappa shape index (κ1) is 15.0. The van der Waals surface area contributed by atoms with E-state index in [0.29, 0.717) is 13.1 Å². The smallest absolute Gasteiger partial charge is 0.312 e. The van der Waals surface area contributed by atoms with Crippen molar-refractivity contribution in [1.82, 2.24) is 4.90 Å². The summed E-state index contributed by atoms with van der Waals surface area (Å²) in [5.41, 5.74) is 2.08. The Morgan fingerprint density at radius 2 is 1.74 bits per heavy atom. The van der Waals surface area contributed by atoms with E-state index in [4.69, 9.17) is 5.11 Å². The van der Waals surface area contributed by atoms with Gasteiger partial charge in [-0.15, -0.1) is 0 Å². The molecule has 0 saturated carbocycles. The number of carbonyl (C=O) groups is 2. The Labute approximate surface area is 113 Å². The maximum atomic E-state index is 11.7. The van der Waals surface area contributed by atoms with E-state index in [2.05, 4.69) is 0 Å². The minimum Gasteiger partial charge on any atom is -0.481 e. The molecule has 0 aliphatic heterocycles. The lowest BCUT2D eigenvalue weighted by atomic mass is 10.2. The van der Waals surface area contributed by atoms with E-state index < -0.39 is 12.4 Å². The Hall–Kier alpha value is -2.04. The third kappa shape index (κ3) is 4.62. The second kappa shape index (κ2) is 6.78. The van der Waals surface area contributed by atoms with Crippen LogP contribution in [0.4, 0.5) is 5.69 Å². The Bertz CT molecular complexity index is 441. The van der Waals surface area contributed by atoms with Crippen LogP contribution in [-0.2, 0) is 16.1 Å². The number of anilines is 1.